The van der Waals surface area contributed by atoms with Crippen LogP contribution in [0.4, 0.5) is 22.7 Å². The lowest BCUT2D eigenvalue weighted by Gasteiger charge is -2.12. The summed E-state index contributed by atoms with van der Waals surface area (Å²) in [6.07, 6.45) is 0. The van der Waals surface area contributed by atoms with Gasteiger partial charge < -0.3 is 18.5 Å². The van der Waals surface area contributed by atoms with Gasteiger partial charge in [0.1, 0.15) is 0 Å². The number of hydrogen-bond donors (Lipinski definition) is 6. The first-order valence-corrected chi connectivity index (χ1v) is 9.53. The number of anilines is 4. The van der Waals surface area contributed by atoms with E-state index < -0.39 is 34.3 Å². The van der Waals surface area contributed by atoms with Crippen LogP contribution >= 0.6 is 0 Å². The second-order valence-corrected chi connectivity index (χ2v) is 6.33. The molecule has 12 nitrogen and oxygen atoms in total. The summed E-state index contributed by atoms with van der Waals surface area (Å²) in [6.45, 7) is 0. The number of nitrogens with one attached hydrogen (secondary N) is 6. The van der Waals surface area contributed by atoms with Crippen LogP contribution in [0.5, 0.6) is 0 Å². The van der Waals surface area contributed by atoms with Crippen LogP contribution in [0.15, 0.2) is 48.5 Å². The number of amides is 2. The summed E-state index contributed by atoms with van der Waals surface area (Å²) in [5, 5.41) is 0. The van der Waals surface area contributed by atoms with E-state index in [4.69, 9.17) is 0 Å². The highest BCUT2D eigenvalue weighted by molar-refractivity contribution is 7.80. The average Bonchev–Trinajstić information content (AvgIpc) is 2.65. The van der Waals surface area contributed by atoms with Crippen molar-refractivity contribution in [2.24, 2.45) is 0 Å². The van der Waals surface area contributed by atoms with Crippen molar-refractivity contribution in [3.8, 4) is 0 Å². The van der Waals surface area contributed by atoms with Crippen molar-refractivity contribution >= 4 is 57.1 Å². The largest absolute Gasteiger partial charge is 0.755 e. The number of carbonyl (C=O) groups is 2. The summed E-state index contributed by atoms with van der Waals surface area (Å²) in [6, 6.07) is 11.7. The fraction of sp³-hybridized carbons (Fsp3) is 0. The van der Waals surface area contributed by atoms with E-state index in [0.29, 0.717) is 22.7 Å². The van der Waals surface area contributed by atoms with Crippen molar-refractivity contribution in [2.45, 2.75) is 0 Å². The molecule has 2 aromatic rings. The normalized spacial score (nSPS) is 12.2. The monoisotopic (exact) mass is 426 g/mol. The Morgan fingerprint density at radius 3 is 1.18 bits per heavy atom. The van der Waals surface area contributed by atoms with Crippen molar-refractivity contribution in [3.63, 3.8) is 0 Å². The summed E-state index contributed by atoms with van der Waals surface area (Å²) in [5.41, 5.74) is 10.8. The van der Waals surface area contributed by atoms with E-state index in [-0.39, 0.29) is 0 Å². The van der Waals surface area contributed by atoms with Gasteiger partial charge in [-0.3, -0.25) is 39.7 Å². The number of hydrogen-bond acceptors (Lipinski definition) is 8. The molecular formula is C14H14N6O6S2-2. The molecule has 0 saturated heterocycles. The Hall–Kier alpha value is -3.20. The van der Waals surface area contributed by atoms with E-state index in [1.54, 1.807) is 0 Å². The molecule has 28 heavy (non-hydrogen) atoms. The van der Waals surface area contributed by atoms with E-state index in [1.807, 2.05) is 0 Å². The zero-order valence-corrected chi connectivity index (χ0v) is 15.5. The Kier molecular flexibility index (Phi) is 7.70. The maximum atomic E-state index is 11.7. The highest BCUT2D eigenvalue weighted by Crippen LogP contribution is 2.13. The molecule has 0 aliphatic heterocycles. The molecular weight excluding hydrogens is 412 g/mol. The smallest absolute Gasteiger partial charge is 0.329 e. The van der Waals surface area contributed by atoms with Crippen molar-refractivity contribution < 1.29 is 27.1 Å². The van der Waals surface area contributed by atoms with Crippen LogP contribution in [-0.2, 0) is 32.1 Å². The molecule has 0 aliphatic rings. The van der Waals surface area contributed by atoms with Gasteiger partial charge in [0.25, 0.3) is 0 Å². The molecule has 0 aromatic heterocycles. The molecule has 14 heteroatoms. The summed E-state index contributed by atoms with van der Waals surface area (Å²) in [4.78, 5) is 23.5. The molecule has 0 aliphatic carbocycles. The predicted molar refractivity (Wildman–Crippen MR) is 101 cm³/mol. The zero-order chi connectivity index (χ0) is 20.5. The van der Waals surface area contributed by atoms with Crippen molar-refractivity contribution in [1.29, 1.82) is 0 Å². The first-order chi connectivity index (χ1) is 13.3. The highest BCUT2D eigenvalue weighted by Gasteiger charge is 2.12. The Morgan fingerprint density at radius 2 is 0.893 bits per heavy atom. The van der Waals surface area contributed by atoms with Crippen LogP contribution in [0.25, 0.3) is 0 Å². The number of hydrazine groups is 2. The maximum absolute atomic E-state index is 11.7. The Bertz CT molecular complexity index is 803. The van der Waals surface area contributed by atoms with Gasteiger partial charge in [-0.15, -0.1) is 0 Å². The molecule has 2 amide bonds. The quantitative estimate of drug-likeness (QED) is 0.188. The summed E-state index contributed by atoms with van der Waals surface area (Å²) in [5.74, 6) is -1.98. The SMILES string of the molecule is O=C(NNc1ccc(NS(=O)[O-])cc1)C(=O)NNc1ccc(NS(=O)[O-])cc1. The van der Waals surface area contributed by atoms with E-state index in [0.717, 1.165) is 0 Å². The maximum Gasteiger partial charge on any atom is 0.329 e. The predicted octanol–water partition coefficient (Wildman–Crippen LogP) is -0.315. The third kappa shape index (κ3) is 7.20. The lowest BCUT2D eigenvalue weighted by atomic mass is 10.3. The van der Waals surface area contributed by atoms with Gasteiger partial charge in [0.15, 0.2) is 0 Å². The molecule has 0 radical (unpaired) electrons. The van der Waals surface area contributed by atoms with Crippen LogP contribution in [0, 0.1) is 0 Å². The van der Waals surface area contributed by atoms with Crippen LogP contribution in [0.1, 0.15) is 0 Å². The molecule has 150 valence electrons. The fourth-order valence-corrected chi connectivity index (χ4v) is 2.46. The lowest BCUT2D eigenvalue weighted by Crippen LogP contribution is -2.44. The van der Waals surface area contributed by atoms with Crippen LogP contribution in [0.2, 0.25) is 0 Å². The molecule has 2 rings (SSSR count). The van der Waals surface area contributed by atoms with E-state index in [2.05, 4.69) is 31.1 Å². The minimum absolute atomic E-state index is 0.329. The zero-order valence-electron chi connectivity index (χ0n) is 13.9. The van der Waals surface area contributed by atoms with Crippen LogP contribution in [0.3, 0.4) is 0 Å². The van der Waals surface area contributed by atoms with Gasteiger partial charge in [0.05, 0.1) is 11.4 Å². The molecule has 2 atom stereocenters. The van der Waals surface area contributed by atoms with Crippen molar-refractivity contribution in [1.82, 2.24) is 10.9 Å². The Balaban J connectivity index is 1.77. The van der Waals surface area contributed by atoms with Crippen LogP contribution < -0.4 is 31.1 Å². The summed E-state index contributed by atoms with van der Waals surface area (Å²) in [7, 11) is 0. The van der Waals surface area contributed by atoms with Gasteiger partial charge in [0.2, 0.25) is 0 Å². The molecule has 0 spiro atoms. The van der Waals surface area contributed by atoms with Crippen molar-refractivity contribution in [2.75, 3.05) is 20.3 Å². The van der Waals surface area contributed by atoms with E-state index in [1.165, 1.54) is 48.5 Å². The minimum Gasteiger partial charge on any atom is -0.755 e. The second kappa shape index (κ2) is 10.2. The molecule has 6 N–H and O–H groups in total. The molecule has 2 aromatic carbocycles. The molecule has 0 fully saturated rings. The standard InChI is InChI=1S/C14H16N6O6S2/c21-13(17-15-9-1-5-11(6-2-9)19-27(23)24)14(22)18-16-10-3-7-12(8-4-10)20-28(25)26/h1-8,15-16,19-20H,(H,17,21)(H,18,22)(H,23,24)(H,25,26)/p-2. The van der Waals surface area contributed by atoms with E-state index >= 15 is 0 Å². The molecule has 0 bridgehead atoms. The van der Waals surface area contributed by atoms with Crippen molar-refractivity contribution in [3.05, 3.63) is 48.5 Å². The van der Waals surface area contributed by atoms with Crippen LogP contribution in [-0.4, -0.2) is 29.3 Å². The van der Waals surface area contributed by atoms with Gasteiger partial charge in [-0.05, 0) is 48.5 Å². The highest BCUT2D eigenvalue weighted by atomic mass is 32.2. The molecule has 2 unspecified atom stereocenters. The number of rotatable bonds is 8. The third-order valence-electron chi connectivity index (χ3n) is 3.02. The van der Waals surface area contributed by atoms with Gasteiger partial charge in [-0.2, -0.15) is 0 Å². The van der Waals surface area contributed by atoms with Gasteiger partial charge in [-0.1, -0.05) is 0 Å². The number of carbonyl (C=O) groups excluding carboxylic acids is 2. The Morgan fingerprint density at radius 1 is 0.607 bits per heavy atom. The molecule has 0 saturated carbocycles. The average molecular weight is 426 g/mol. The fourth-order valence-electron chi connectivity index (χ4n) is 1.81. The third-order valence-corrected chi connectivity index (χ3v) is 3.82. The first-order valence-electron chi connectivity index (χ1n) is 7.38. The minimum atomic E-state index is -2.44. The Labute approximate surface area is 164 Å². The summed E-state index contributed by atoms with van der Waals surface area (Å²) < 4.78 is 46.3. The van der Waals surface area contributed by atoms with E-state index in [9.17, 15) is 27.1 Å². The molecule has 0 heterocycles. The topological polar surface area (TPSA) is 187 Å². The van der Waals surface area contributed by atoms with Gasteiger partial charge in [-0.25, -0.2) is 0 Å². The number of benzene rings is 2. The first kappa shape index (κ1) is 21.1. The van der Waals surface area contributed by atoms with Gasteiger partial charge >= 0.3 is 11.8 Å². The summed E-state index contributed by atoms with van der Waals surface area (Å²) >= 11 is -4.89. The van der Waals surface area contributed by atoms with Gasteiger partial charge in [0, 0.05) is 33.9 Å². The lowest BCUT2D eigenvalue weighted by molar-refractivity contribution is -0.138. The second-order valence-electron chi connectivity index (χ2n) is 4.99.